The van der Waals surface area contributed by atoms with E-state index in [1.165, 1.54) is 11.0 Å². The van der Waals surface area contributed by atoms with Crippen molar-refractivity contribution in [1.82, 2.24) is 0 Å². The van der Waals surface area contributed by atoms with E-state index >= 15 is 0 Å². The Morgan fingerprint density at radius 1 is 1.48 bits per heavy atom. The van der Waals surface area contributed by atoms with Crippen LogP contribution < -0.4 is 5.32 Å². The maximum Gasteiger partial charge on any atom is 0.249 e. The highest BCUT2D eigenvalue weighted by molar-refractivity contribution is 7.16. The molecule has 1 aliphatic rings. The molecule has 5 heteroatoms. The number of hydrogen-bond acceptors (Lipinski definition) is 4. The highest BCUT2D eigenvalue weighted by Crippen LogP contribution is 2.45. The van der Waals surface area contributed by atoms with Crippen molar-refractivity contribution in [2.45, 2.75) is 53.4 Å². The molecular formula is C22H26N2O2S. The Kier molecular flexibility index (Phi) is 5.57. The fourth-order valence-electron chi connectivity index (χ4n) is 3.60. The molecule has 0 radical (unpaired) electrons. The van der Waals surface area contributed by atoms with Crippen molar-refractivity contribution < 1.29 is 9.21 Å². The molecule has 1 N–H and O–H groups in total. The largest absolute Gasteiger partial charge is 0.462 e. The Hall–Kier alpha value is -2.32. The molecule has 0 aromatic carbocycles. The van der Waals surface area contributed by atoms with E-state index in [4.69, 9.17) is 4.42 Å². The van der Waals surface area contributed by atoms with Gasteiger partial charge in [0.2, 0.25) is 5.91 Å². The van der Waals surface area contributed by atoms with Gasteiger partial charge in [-0.25, -0.2) is 0 Å². The molecule has 27 heavy (non-hydrogen) atoms. The Balaban J connectivity index is 1.76. The smallest absolute Gasteiger partial charge is 0.249 e. The molecule has 3 rings (SSSR count). The van der Waals surface area contributed by atoms with Crippen LogP contribution in [-0.2, 0) is 17.6 Å². The van der Waals surface area contributed by atoms with Gasteiger partial charge >= 0.3 is 0 Å². The van der Waals surface area contributed by atoms with Crippen LogP contribution in [-0.4, -0.2) is 5.91 Å². The van der Waals surface area contributed by atoms with Crippen molar-refractivity contribution in [2.24, 2.45) is 11.3 Å². The number of nitrogens with zero attached hydrogens (tertiary/aromatic N) is 1. The van der Waals surface area contributed by atoms with Gasteiger partial charge in [0.25, 0.3) is 0 Å². The van der Waals surface area contributed by atoms with E-state index in [1.54, 1.807) is 17.4 Å². The average molecular weight is 383 g/mol. The summed E-state index contributed by atoms with van der Waals surface area (Å²) < 4.78 is 5.43. The van der Waals surface area contributed by atoms with E-state index in [1.807, 2.05) is 19.1 Å². The monoisotopic (exact) mass is 382 g/mol. The van der Waals surface area contributed by atoms with Gasteiger partial charge in [0, 0.05) is 11.0 Å². The van der Waals surface area contributed by atoms with Gasteiger partial charge in [-0.2, -0.15) is 5.26 Å². The van der Waals surface area contributed by atoms with Gasteiger partial charge in [0.05, 0.1) is 5.56 Å². The Bertz CT molecular complexity index is 911. The zero-order valence-electron chi connectivity index (χ0n) is 16.4. The molecule has 2 aromatic heterocycles. The lowest BCUT2D eigenvalue weighted by Crippen LogP contribution is -2.28. The van der Waals surface area contributed by atoms with Crippen LogP contribution in [0.3, 0.4) is 0 Å². The van der Waals surface area contributed by atoms with Crippen LogP contribution in [0.25, 0.3) is 6.08 Å². The maximum absolute atomic E-state index is 12.3. The SMILES string of the molecule is CCC(C)(C)C1CCc2c(sc(NC(=O)/C=C\c3ccc(C)o3)c2C#N)C1. The number of thiophene rings is 1. The number of nitrogens with one attached hydrogen (secondary N) is 1. The summed E-state index contributed by atoms with van der Waals surface area (Å²) in [5, 5.41) is 13.2. The number of carbonyl (C=O) groups is 1. The quantitative estimate of drug-likeness (QED) is 0.673. The van der Waals surface area contributed by atoms with E-state index in [9.17, 15) is 10.1 Å². The first-order valence-electron chi connectivity index (χ1n) is 9.44. The summed E-state index contributed by atoms with van der Waals surface area (Å²) >= 11 is 1.56. The highest BCUT2D eigenvalue weighted by Gasteiger charge is 2.33. The summed E-state index contributed by atoms with van der Waals surface area (Å²) in [6, 6.07) is 5.98. The number of hydrogen-bond donors (Lipinski definition) is 1. The van der Waals surface area contributed by atoms with E-state index in [0.29, 0.717) is 27.7 Å². The molecule has 2 aromatic rings. The maximum atomic E-state index is 12.3. The minimum Gasteiger partial charge on any atom is -0.462 e. The van der Waals surface area contributed by atoms with E-state index in [-0.39, 0.29) is 5.91 Å². The lowest BCUT2D eigenvalue weighted by molar-refractivity contribution is -0.111. The minimum absolute atomic E-state index is 0.246. The highest BCUT2D eigenvalue weighted by atomic mass is 32.1. The third-order valence-electron chi connectivity index (χ3n) is 5.79. The Labute approximate surface area is 164 Å². The molecule has 4 nitrogen and oxygen atoms in total. The van der Waals surface area contributed by atoms with Crippen LogP contribution in [0.5, 0.6) is 0 Å². The predicted octanol–water partition coefficient (Wildman–Crippen LogP) is 5.71. The van der Waals surface area contributed by atoms with Crippen molar-refractivity contribution >= 4 is 28.3 Å². The molecular weight excluding hydrogens is 356 g/mol. The number of carbonyl (C=O) groups excluding carboxylic acids is 1. The van der Waals surface area contributed by atoms with E-state index in [2.05, 4.69) is 32.2 Å². The predicted molar refractivity (Wildman–Crippen MR) is 110 cm³/mol. The summed E-state index contributed by atoms with van der Waals surface area (Å²) in [5.74, 6) is 1.81. The summed E-state index contributed by atoms with van der Waals surface area (Å²) in [6.07, 6.45) is 7.24. The van der Waals surface area contributed by atoms with Crippen molar-refractivity contribution in [3.8, 4) is 6.07 Å². The van der Waals surface area contributed by atoms with E-state index in [0.717, 1.165) is 37.0 Å². The van der Waals surface area contributed by atoms with Gasteiger partial charge in [0.15, 0.2) is 0 Å². The number of furan rings is 1. The van der Waals surface area contributed by atoms with Gasteiger partial charge in [-0.05, 0) is 61.3 Å². The number of nitriles is 1. The van der Waals surface area contributed by atoms with Gasteiger partial charge < -0.3 is 9.73 Å². The fourth-order valence-corrected chi connectivity index (χ4v) is 4.88. The van der Waals surface area contributed by atoms with Gasteiger partial charge in [0.1, 0.15) is 22.6 Å². The standard InChI is InChI=1S/C22H26N2O2S/c1-5-22(3,4)15-7-10-17-18(13-23)21(27-19(17)12-15)24-20(25)11-9-16-8-6-14(2)26-16/h6,8-9,11,15H,5,7,10,12H2,1-4H3,(H,24,25)/b11-9-. The van der Waals surface area contributed by atoms with Crippen molar-refractivity contribution in [3.05, 3.63) is 45.7 Å². The molecule has 1 atom stereocenters. The molecule has 0 saturated carbocycles. The molecule has 0 spiro atoms. The minimum atomic E-state index is -0.246. The first-order chi connectivity index (χ1) is 12.8. The number of aryl methyl sites for hydroxylation is 1. The molecule has 142 valence electrons. The molecule has 2 heterocycles. The fraction of sp³-hybridized carbons (Fsp3) is 0.455. The van der Waals surface area contributed by atoms with Crippen molar-refractivity contribution in [3.63, 3.8) is 0 Å². The van der Waals surface area contributed by atoms with Gasteiger partial charge in [-0.1, -0.05) is 27.2 Å². The zero-order chi connectivity index (χ0) is 19.6. The molecule has 0 saturated heterocycles. The Morgan fingerprint density at radius 2 is 2.26 bits per heavy atom. The summed E-state index contributed by atoms with van der Waals surface area (Å²) in [7, 11) is 0. The molecule has 1 unspecified atom stereocenters. The number of fused-ring (bicyclic) bond motifs is 1. The summed E-state index contributed by atoms with van der Waals surface area (Å²) in [6.45, 7) is 8.75. The zero-order valence-corrected chi connectivity index (χ0v) is 17.2. The number of anilines is 1. The topological polar surface area (TPSA) is 66.0 Å². The number of amides is 1. The first-order valence-corrected chi connectivity index (χ1v) is 10.3. The second-order valence-corrected chi connectivity index (χ2v) is 8.98. The Morgan fingerprint density at radius 3 is 2.89 bits per heavy atom. The third kappa shape index (κ3) is 4.17. The molecule has 0 bridgehead atoms. The van der Waals surface area contributed by atoms with Gasteiger partial charge in [-0.3, -0.25) is 4.79 Å². The average Bonchev–Trinajstić information content (AvgIpc) is 3.21. The second-order valence-electron chi connectivity index (χ2n) is 7.87. The molecule has 1 aliphatic carbocycles. The van der Waals surface area contributed by atoms with Crippen LogP contribution in [0.15, 0.2) is 22.6 Å². The van der Waals surface area contributed by atoms with Crippen molar-refractivity contribution in [2.75, 3.05) is 5.32 Å². The van der Waals surface area contributed by atoms with Crippen LogP contribution in [0.1, 0.15) is 61.1 Å². The third-order valence-corrected chi connectivity index (χ3v) is 6.96. The van der Waals surface area contributed by atoms with Crippen LogP contribution in [0, 0.1) is 29.6 Å². The lowest BCUT2D eigenvalue weighted by Gasteiger charge is -2.36. The van der Waals surface area contributed by atoms with Crippen LogP contribution in [0.4, 0.5) is 5.00 Å². The second kappa shape index (κ2) is 7.74. The molecule has 1 amide bonds. The lowest BCUT2D eigenvalue weighted by atomic mass is 9.69. The number of rotatable bonds is 5. The summed E-state index contributed by atoms with van der Waals surface area (Å²) in [5.41, 5.74) is 2.06. The van der Waals surface area contributed by atoms with E-state index < -0.39 is 0 Å². The van der Waals surface area contributed by atoms with Crippen molar-refractivity contribution in [1.29, 1.82) is 5.26 Å². The van der Waals surface area contributed by atoms with Crippen LogP contribution in [0.2, 0.25) is 0 Å². The van der Waals surface area contributed by atoms with Crippen LogP contribution >= 0.6 is 11.3 Å². The molecule has 0 aliphatic heterocycles. The molecule has 0 fully saturated rings. The first kappa shape index (κ1) is 19.4. The summed E-state index contributed by atoms with van der Waals surface area (Å²) in [4.78, 5) is 13.6. The normalized spacial score (nSPS) is 16.9. The van der Waals surface area contributed by atoms with Gasteiger partial charge in [-0.15, -0.1) is 11.3 Å².